The molecule has 0 fully saturated rings. The molecule has 33 heavy (non-hydrogen) atoms. The van der Waals surface area contributed by atoms with E-state index in [0.29, 0.717) is 11.5 Å². The zero-order valence-corrected chi connectivity index (χ0v) is 21.2. The molecule has 0 saturated carbocycles. The second-order valence-corrected chi connectivity index (χ2v) is 9.97. The van der Waals surface area contributed by atoms with Crippen molar-refractivity contribution in [1.82, 2.24) is 0 Å². The Hall–Kier alpha value is -2.82. The third-order valence-electron chi connectivity index (χ3n) is 5.90. The zero-order chi connectivity index (χ0) is 25.0. The predicted octanol–water partition coefficient (Wildman–Crippen LogP) is 7.32. The lowest BCUT2D eigenvalue weighted by atomic mass is 9.86. The van der Waals surface area contributed by atoms with E-state index in [4.69, 9.17) is 9.84 Å². The fourth-order valence-corrected chi connectivity index (χ4v) is 3.92. The van der Waals surface area contributed by atoms with E-state index in [1.165, 1.54) is 0 Å². The summed E-state index contributed by atoms with van der Waals surface area (Å²) in [5.74, 6) is -0.136. The molecule has 0 heterocycles. The summed E-state index contributed by atoms with van der Waals surface area (Å²) in [6.07, 6.45) is -0.423. The van der Waals surface area contributed by atoms with Crippen LogP contribution in [0.1, 0.15) is 114 Å². The molecule has 0 unspecified atom stereocenters. The van der Waals surface area contributed by atoms with Gasteiger partial charge in [0.25, 0.3) is 0 Å². The van der Waals surface area contributed by atoms with E-state index in [1.807, 2.05) is 39.8 Å². The van der Waals surface area contributed by atoms with Gasteiger partial charge in [-0.15, -0.1) is 0 Å². The Morgan fingerprint density at radius 2 is 1.06 bits per heavy atom. The SMILES string of the molecule is CC(C)c1cc(-c2cc(C(C)C)c(OC(=O)CCC(=O)O)c(C(C)C)c2)cc(C(C)C)c1O. The number of aromatic hydroxyl groups is 1. The van der Waals surface area contributed by atoms with Gasteiger partial charge in [-0.25, -0.2) is 0 Å². The molecule has 0 atom stereocenters. The molecule has 0 saturated heterocycles. The number of carboxylic acid groups (broad SMARTS) is 1. The Morgan fingerprint density at radius 3 is 1.39 bits per heavy atom. The summed E-state index contributed by atoms with van der Waals surface area (Å²) in [6, 6.07) is 8.20. The van der Waals surface area contributed by atoms with Crippen LogP contribution in [0.5, 0.6) is 11.5 Å². The van der Waals surface area contributed by atoms with Crippen LogP contribution in [0.3, 0.4) is 0 Å². The summed E-state index contributed by atoms with van der Waals surface area (Å²) in [5, 5.41) is 19.7. The molecule has 180 valence electrons. The fraction of sp³-hybridized carbons (Fsp3) is 0.500. The molecular formula is C28H38O5. The molecule has 5 nitrogen and oxygen atoms in total. The molecule has 5 heteroatoms. The molecular weight excluding hydrogens is 416 g/mol. The number of esters is 1. The highest BCUT2D eigenvalue weighted by Gasteiger charge is 2.22. The highest BCUT2D eigenvalue weighted by Crippen LogP contribution is 2.42. The molecule has 2 aromatic carbocycles. The van der Waals surface area contributed by atoms with Gasteiger partial charge in [0.2, 0.25) is 0 Å². The maximum atomic E-state index is 12.4. The molecule has 0 radical (unpaired) electrons. The third-order valence-corrected chi connectivity index (χ3v) is 5.90. The summed E-state index contributed by atoms with van der Waals surface area (Å²) in [7, 11) is 0. The lowest BCUT2D eigenvalue weighted by Crippen LogP contribution is -2.14. The highest BCUT2D eigenvalue weighted by atomic mass is 16.5. The lowest BCUT2D eigenvalue weighted by Gasteiger charge is -2.22. The summed E-state index contributed by atoms with van der Waals surface area (Å²) in [4.78, 5) is 23.2. The first-order chi connectivity index (χ1) is 15.3. The third kappa shape index (κ3) is 6.37. The monoisotopic (exact) mass is 454 g/mol. The van der Waals surface area contributed by atoms with Gasteiger partial charge in [-0.2, -0.15) is 0 Å². The molecule has 0 bridgehead atoms. The molecule has 0 aliphatic heterocycles. The van der Waals surface area contributed by atoms with Crippen molar-refractivity contribution in [3.05, 3.63) is 46.5 Å². The van der Waals surface area contributed by atoms with E-state index in [-0.39, 0.29) is 36.5 Å². The van der Waals surface area contributed by atoms with Gasteiger partial charge in [0.1, 0.15) is 11.5 Å². The van der Waals surface area contributed by atoms with Crippen LogP contribution in [0.15, 0.2) is 24.3 Å². The first-order valence-corrected chi connectivity index (χ1v) is 11.8. The van der Waals surface area contributed by atoms with Gasteiger partial charge in [0.15, 0.2) is 0 Å². The van der Waals surface area contributed by atoms with Crippen LogP contribution in [-0.4, -0.2) is 22.2 Å². The van der Waals surface area contributed by atoms with E-state index in [9.17, 15) is 14.7 Å². The number of phenolic OH excluding ortho intramolecular Hbond substituents is 1. The smallest absolute Gasteiger partial charge is 0.311 e. The van der Waals surface area contributed by atoms with Gasteiger partial charge in [-0.05, 0) is 81.3 Å². The second kappa shape index (κ2) is 10.9. The molecule has 0 spiro atoms. The first kappa shape index (κ1) is 26.4. The van der Waals surface area contributed by atoms with Gasteiger partial charge < -0.3 is 14.9 Å². The quantitative estimate of drug-likeness (QED) is 0.306. The first-order valence-electron chi connectivity index (χ1n) is 11.8. The van der Waals surface area contributed by atoms with Crippen LogP contribution >= 0.6 is 0 Å². The molecule has 2 aromatic rings. The minimum Gasteiger partial charge on any atom is -0.507 e. The van der Waals surface area contributed by atoms with E-state index >= 15 is 0 Å². The number of ether oxygens (including phenoxy) is 1. The number of carbonyl (C=O) groups is 2. The van der Waals surface area contributed by atoms with Crippen LogP contribution in [0, 0.1) is 0 Å². The average Bonchev–Trinajstić information content (AvgIpc) is 2.71. The van der Waals surface area contributed by atoms with Crippen LogP contribution in [0.2, 0.25) is 0 Å². The Labute approximate surface area is 197 Å². The van der Waals surface area contributed by atoms with Crippen LogP contribution in [0.4, 0.5) is 0 Å². The lowest BCUT2D eigenvalue weighted by molar-refractivity contribution is -0.142. The standard InChI is InChI=1S/C28H38O5/c1-15(2)21-11-19(12-22(16(3)4)27(21)32)20-13-23(17(5)6)28(24(14-20)18(7)8)33-26(31)10-9-25(29)30/h11-18,32H,9-10H2,1-8H3,(H,29,30). The van der Waals surface area contributed by atoms with Crippen molar-refractivity contribution in [2.45, 2.75) is 91.9 Å². The van der Waals surface area contributed by atoms with Crippen molar-refractivity contribution in [2.75, 3.05) is 0 Å². The van der Waals surface area contributed by atoms with E-state index in [2.05, 4.69) is 39.8 Å². The van der Waals surface area contributed by atoms with Crippen molar-refractivity contribution in [3.8, 4) is 22.6 Å². The number of carboxylic acids is 1. The number of hydrogen-bond donors (Lipinski definition) is 2. The van der Waals surface area contributed by atoms with E-state index in [0.717, 1.165) is 33.4 Å². The van der Waals surface area contributed by atoms with Gasteiger partial charge >= 0.3 is 11.9 Å². The molecule has 0 amide bonds. The Morgan fingerprint density at radius 1 is 0.697 bits per heavy atom. The number of benzene rings is 2. The fourth-order valence-electron chi connectivity index (χ4n) is 3.92. The van der Waals surface area contributed by atoms with Crippen molar-refractivity contribution < 1.29 is 24.5 Å². The number of aliphatic carboxylic acids is 1. The van der Waals surface area contributed by atoms with Gasteiger partial charge in [0.05, 0.1) is 12.8 Å². The molecule has 2 rings (SSSR count). The maximum Gasteiger partial charge on any atom is 0.311 e. The summed E-state index contributed by atoms with van der Waals surface area (Å²) >= 11 is 0. The minimum atomic E-state index is -1.02. The Kier molecular flexibility index (Phi) is 8.70. The summed E-state index contributed by atoms with van der Waals surface area (Å²) < 4.78 is 5.74. The van der Waals surface area contributed by atoms with E-state index < -0.39 is 11.9 Å². The Balaban J connectivity index is 2.70. The van der Waals surface area contributed by atoms with Crippen molar-refractivity contribution in [2.24, 2.45) is 0 Å². The van der Waals surface area contributed by atoms with Crippen LogP contribution in [0.25, 0.3) is 11.1 Å². The van der Waals surface area contributed by atoms with Crippen molar-refractivity contribution >= 4 is 11.9 Å². The number of hydrogen-bond acceptors (Lipinski definition) is 4. The minimum absolute atomic E-state index is 0.0935. The van der Waals surface area contributed by atoms with Gasteiger partial charge in [0, 0.05) is 0 Å². The average molecular weight is 455 g/mol. The predicted molar refractivity (Wildman–Crippen MR) is 132 cm³/mol. The largest absolute Gasteiger partial charge is 0.507 e. The van der Waals surface area contributed by atoms with Gasteiger partial charge in [-0.3, -0.25) is 9.59 Å². The maximum absolute atomic E-state index is 12.4. The number of carbonyl (C=O) groups excluding carboxylic acids is 1. The number of rotatable bonds is 9. The molecule has 0 aliphatic rings. The normalized spacial score (nSPS) is 11.6. The Bertz CT molecular complexity index is 957. The van der Waals surface area contributed by atoms with Crippen molar-refractivity contribution in [1.29, 1.82) is 0 Å². The van der Waals surface area contributed by atoms with Crippen LogP contribution < -0.4 is 4.74 Å². The van der Waals surface area contributed by atoms with E-state index in [1.54, 1.807) is 0 Å². The van der Waals surface area contributed by atoms with Crippen LogP contribution in [-0.2, 0) is 9.59 Å². The highest BCUT2D eigenvalue weighted by molar-refractivity contribution is 5.79. The zero-order valence-electron chi connectivity index (χ0n) is 21.2. The molecule has 0 aromatic heterocycles. The molecule has 0 aliphatic carbocycles. The summed E-state index contributed by atoms with van der Waals surface area (Å²) in [6.45, 7) is 16.5. The second-order valence-electron chi connectivity index (χ2n) is 9.97. The van der Waals surface area contributed by atoms with Crippen molar-refractivity contribution in [3.63, 3.8) is 0 Å². The number of phenols is 1. The van der Waals surface area contributed by atoms with Gasteiger partial charge in [-0.1, -0.05) is 55.4 Å². The summed E-state index contributed by atoms with van der Waals surface area (Å²) in [5.41, 5.74) is 5.68. The molecule has 2 N–H and O–H groups in total. The topological polar surface area (TPSA) is 83.8 Å².